The van der Waals surface area contributed by atoms with Gasteiger partial charge in [-0.15, -0.1) is 12.4 Å². The summed E-state index contributed by atoms with van der Waals surface area (Å²) in [5.41, 5.74) is 4.29. The number of amides is 1. The van der Waals surface area contributed by atoms with E-state index in [1.807, 2.05) is 25.1 Å². The largest absolute Gasteiger partial charge is 0.497 e. The monoisotopic (exact) mass is 471 g/mol. The fourth-order valence-corrected chi connectivity index (χ4v) is 4.26. The fraction of sp³-hybridized carbons (Fsp3) is 0.458. The molecule has 9 heteroatoms. The number of aromatic nitrogens is 3. The summed E-state index contributed by atoms with van der Waals surface area (Å²) in [6.07, 6.45) is 5.80. The lowest BCUT2D eigenvalue weighted by atomic mass is 10.1. The molecule has 8 nitrogen and oxygen atoms in total. The van der Waals surface area contributed by atoms with E-state index in [0.717, 1.165) is 54.2 Å². The number of hydrogen-bond donors (Lipinski definition) is 3. The Hall–Kier alpha value is -2.84. The van der Waals surface area contributed by atoms with Crippen molar-refractivity contribution in [3.8, 4) is 22.8 Å². The van der Waals surface area contributed by atoms with Crippen molar-refractivity contribution in [1.29, 1.82) is 0 Å². The molecule has 3 aromatic rings. The van der Waals surface area contributed by atoms with Crippen molar-refractivity contribution in [2.75, 3.05) is 26.8 Å². The zero-order valence-electron chi connectivity index (χ0n) is 18.9. The first kappa shape index (κ1) is 23.3. The average molecular weight is 472 g/mol. The molecule has 0 unspecified atom stereocenters. The number of aromatic amines is 1. The van der Waals surface area contributed by atoms with Gasteiger partial charge in [0.2, 0.25) is 0 Å². The van der Waals surface area contributed by atoms with Gasteiger partial charge in [0.25, 0.3) is 5.91 Å². The lowest BCUT2D eigenvalue weighted by Gasteiger charge is -2.23. The highest BCUT2D eigenvalue weighted by Crippen LogP contribution is 2.38. The van der Waals surface area contributed by atoms with E-state index in [1.54, 1.807) is 7.11 Å². The van der Waals surface area contributed by atoms with Crippen molar-refractivity contribution in [1.82, 2.24) is 25.6 Å². The summed E-state index contributed by atoms with van der Waals surface area (Å²) in [6.45, 7) is 4.43. The van der Waals surface area contributed by atoms with E-state index in [4.69, 9.17) is 9.47 Å². The Morgan fingerprint density at radius 3 is 2.70 bits per heavy atom. The number of ether oxygens (including phenoxy) is 2. The normalized spacial score (nSPS) is 16.3. The van der Waals surface area contributed by atoms with Crippen molar-refractivity contribution in [3.05, 3.63) is 35.8 Å². The van der Waals surface area contributed by atoms with Gasteiger partial charge in [-0.3, -0.25) is 4.79 Å². The first-order chi connectivity index (χ1) is 15.6. The smallest absolute Gasteiger partial charge is 0.255 e. The van der Waals surface area contributed by atoms with Gasteiger partial charge in [0.15, 0.2) is 0 Å². The molecule has 1 aliphatic heterocycles. The topological polar surface area (TPSA) is 101 Å². The van der Waals surface area contributed by atoms with Gasteiger partial charge in [-0.1, -0.05) is 0 Å². The third-order valence-corrected chi connectivity index (χ3v) is 6.29. The average Bonchev–Trinajstić information content (AvgIpc) is 3.58. The molecule has 3 heterocycles. The highest BCUT2D eigenvalue weighted by molar-refractivity contribution is 6.09. The molecule has 1 aliphatic carbocycles. The van der Waals surface area contributed by atoms with Crippen molar-refractivity contribution in [3.63, 3.8) is 0 Å². The van der Waals surface area contributed by atoms with Gasteiger partial charge >= 0.3 is 0 Å². The molecular formula is C24H30ClN5O3. The minimum atomic E-state index is -0.0924. The number of carbonyl (C=O) groups excluding carboxylic acids is 1. The van der Waals surface area contributed by atoms with Gasteiger partial charge in [0.1, 0.15) is 29.0 Å². The molecule has 1 saturated heterocycles. The van der Waals surface area contributed by atoms with Crippen LogP contribution in [0.4, 0.5) is 0 Å². The summed E-state index contributed by atoms with van der Waals surface area (Å²) in [4.78, 5) is 25.5. The van der Waals surface area contributed by atoms with Crippen LogP contribution >= 0.6 is 12.4 Å². The van der Waals surface area contributed by atoms with Gasteiger partial charge < -0.3 is 25.1 Å². The zero-order valence-corrected chi connectivity index (χ0v) is 19.8. The van der Waals surface area contributed by atoms with Crippen LogP contribution in [0.15, 0.2) is 24.5 Å². The number of fused-ring (bicyclic) bond motifs is 1. The van der Waals surface area contributed by atoms with Crippen molar-refractivity contribution in [2.45, 2.75) is 38.6 Å². The van der Waals surface area contributed by atoms with Crippen molar-refractivity contribution < 1.29 is 14.3 Å². The van der Waals surface area contributed by atoms with E-state index in [1.165, 1.54) is 19.2 Å². The molecule has 33 heavy (non-hydrogen) atoms. The Balaban J connectivity index is 0.00000259. The Morgan fingerprint density at radius 2 is 1.97 bits per heavy atom. The molecule has 2 fully saturated rings. The van der Waals surface area contributed by atoms with Crippen LogP contribution in [0.3, 0.4) is 0 Å². The van der Waals surface area contributed by atoms with E-state index < -0.39 is 0 Å². The molecule has 1 aromatic carbocycles. The number of benzene rings is 1. The molecule has 2 aromatic heterocycles. The Morgan fingerprint density at radius 1 is 1.18 bits per heavy atom. The Kier molecular flexibility index (Phi) is 7.05. The number of hydrogen-bond acceptors (Lipinski definition) is 6. The lowest BCUT2D eigenvalue weighted by molar-refractivity contribution is 0.0930. The second-order valence-electron chi connectivity index (χ2n) is 8.69. The molecule has 3 N–H and O–H groups in total. The number of halogens is 1. The number of nitrogens with one attached hydrogen (secondary N) is 3. The quantitative estimate of drug-likeness (QED) is 0.486. The number of carbonyl (C=O) groups is 1. The molecular weight excluding hydrogens is 442 g/mol. The summed E-state index contributed by atoms with van der Waals surface area (Å²) in [5.74, 6) is 1.99. The fourth-order valence-electron chi connectivity index (χ4n) is 4.26. The summed E-state index contributed by atoms with van der Waals surface area (Å²) in [6, 6.07) is 5.92. The zero-order chi connectivity index (χ0) is 22.1. The van der Waals surface area contributed by atoms with Gasteiger partial charge in [-0.05, 0) is 63.7 Å². The molecule has 0 spiro atoms. The van der Waals surface area contributed by atoms with Crippen LogP contribution in [0.25, 0.3) is 22.3 Å². The third-order valence-electron chi connectivity index (χ3n) is 6.29. The number of methoxy groups -OCH3 is 1. The maximum absolute atomic E-state index is 13.1. The van der Waals surface area contributed by atoms with Crippen LogP contribution < -0.4 is 20.1 Å². The molecule has 1 saturated carbocycles. The van der Waals surface area contributed by atoms with E-state index in [9.17, 15) is 4.79 Å². The lowest BCUT2D eigenvalue weighted by Crippen LogP contribution is -2.42. The van der Waals surface area contributed by atoms with Crippen LogP contribution in [0.5, 0.6) is 11.5 Å². The van der Waals surface area contributed by atoms with Crippen molar-refractivity contribution in [2.24, 2.45) is 5.92 Å². The summed E-state index contributed by atoms with van der Waals surface area (Å²) in [5, 5.41) is 6.50. The van der Waals surface area contributed by atoms with Gasteiger partial charge in [0, 0.05) is 23.4 Å². The molecule has 0 bridgehead atoms. The Labute approximate surface area is 199 Å². The minimum absolute atomic E-state index is 0. The second kappa shape index (κ2) is 9.97. The maximum Gasteiger partial charge on any atom is 0.255 e. The first-order valence-electron chi connectivity index (χ1n) is 11.3. The summed E-state index contributed by atoms with van der Waals surface area (Å²) < 4.78 is 11.6. The number of rotatable bonds is 7. The number of aryl methyl sites for hydroxylation is 1. The molecule has 0 atom stereocenters. The molecule has 1 amide bonds. The highest BCUT2D eigenvalue weighted by Gasteiger charge is 2.26. The van der Waals surface area contributed by atoms with Crippen LogP contribution in [0.2, 0.25) is 0 Å². The van der Waals surface area contributed by atoms with Gasteiger partial charge in [0.05, 0.1) is 24.8 Å². The summed E-state index contributed by atoms with van der Waals surface area (Å²) in [7, 11) is 1.64. The molecule has 2 aliphatic rings. The van der Waals surface area contributed by atoms with Gasteiger partial charge in [-0.2, -0.15) is 0 Å². The molecule has 5 rings (SSSR count). The Bertz CT molecular complexity index is 1140. The van der Waals surface area contributed by atoms with Crippen LogP contribution in [0, 0.1) is 12.8 Å². The number of piperidine rings is 1. The first-order valence-corrected chi connectivity index (χ1v) is 11.3. The van der Waals surface area contributed by atoms with E-state index >= 15 is 0 Å². The second-order valence-corrected chi connectivity index (χ2v) is 8.69. The molecule has 0 radical (unpaired) electrons. The maximum atomic E-state index is 13.1. The van der Waals surface area contributed by atoms with Crippen molar-refractivity contribution >= 4 is 29.3 Å². The number of nitrogens with zero attached hydrogens (tertiary/aromatic N) is 2. The predicted octanol–water partition coefficient (Wildman–Crippen LogP) is 3.63. The number of H-pyrrole nitrogens is 1. The minimum Gasteiger partial charge on any atom is -0.497 e. The van der Waals surface area contributed by atoms with Crippen LogP contribution in [-0.2, 0) is 0 Å². The van der Waals surface area contributed by atoms with Crippen LogP contribution in [-0.4, -0.2) is 53.7 Å². The SMILES string of the molecule is COc1ccc(-c2ncnc3c(C(=O)NC4CCNCC4)c(C)[nH]c23)c(OCC2CC2)c1.Cl. The van der Waals surface area contributed by atoms with E-state index in [0.29, 0.717) is 29.3 Å². The predicted molar refractivity (Wildman–Crippen MR) is 129 cm³/mol. The van der Waals surface area contributed by atoms with E-state index in [-0.39, 0.29) is 24.4 Å². The third kappa shape index (κ3) is 4.91. The highest BCUT2D eigenvalue weighted by atomic mass is 35.5. The molecule has 176 valence electrons. The van der Waals surface area contributed by atoms with Gasteiger partial charge in [-0.25, -0.2) is 9.97 Å². The van der Waals surface area contributed by atoms with E-state index in [2.05, 4.69) is 25.6 Å². The van der Waals surface area contributed by atoms with Crippen LogP contribution in [0.1, 0.15) is 41.7 Å². The summed E-state index contributed by atoms with van der Waals surface area (Å²) >= 11 is 0. The standard InChI is InChI=1S/C24H29N5O3.ClH/c1-14-20(24(30)29-16-7-9-25-10-8-16)22-23(28-14)21(26-13-27-22)18-6-5-17(31-2)11-19(18)32-12-15-3-4-15;/h5-6,11,13,15-16,25,28H,3-4,7-10,12H2,1-2H3,(H,29,30);1H.